The van der Waals surface area contributed by atoms with Gasteiger partial charge < -0.3 is 19.4 Å². The number of ketones is 1. The molecule has 312 valence electrons. The minimum Gasteiger partial charge on any atom is -0.456 e. The topological polar surface area (TPSA) is 112 Å². The summed E-state index contributed by atoms with van der Waals surface area (Å²) in [5.41, 5.74) is 10.5. The molecule has 4 aromatic carbocycles. The molecule has 0 atom stereocenters. The number of sulfonamides is 1. The van der Waals surface area contributed by atoms with Crippen molar-refractivity contribution in [1.29, 1.82) is 0 Å². The molecule has 12 heteroatoms. The number of carbonyl (C=O) groups is 2. The Morgan fingerprint density at radius 1 is 0.850 bits per heavy atom. The van der Waals surface area contributed by atoms with Crippen molar-refractivity contribution in [2.45, 2.75) is 64.4 Å². The van der Waals surface area contributed by atoms with Crippen molar-refractivity contribution in [2.75, 3.05) is 44.4 Å². The number of piperidine rings is 1. The maximum absolute atomic E-state index is 14.7. The number of ether oxygens (including phenoxy) is 1. The summed E-state index contributed by atoms with van der Waals surface area (Å²) < 4.78 is 45.5. The number of rotatable bonds is 12. The molecule has 3 aliphatic rings. The van der Waals surface area contributed by atoms with Crippen molar-refractivity contribution in [3.8, 4) is 22.5 Å². The molecule has 1 N–H and O–H groups in total. The van der Waals surface area contributed by atoms with Crippen molar-refractivity contribution >= 4 is 62.6 Å². The number of hydrogen-bond donors (Lipinski definition) is 2. The molecular formula is C48H53N4O6S2+. The summed E-state index contributed by atoms with van der Waals surface area (Å²) >= 11 is 4.08. The number of nitrogens with one attached hydrogen (secondary N) is 1. The van der Waals surface area contributed by atoms with E-state index in [1.54, 1.807) is 12.1 Å². The molecule has 2 aliphatic heterocycles. The molecule has 0 unspecified atom stereocenters. The van der Waals surface area contributed by atoms with Gasteiger partial charge in [0.25, 0.3) is 0 Å². The number of carbonyl (C=O) groups excluding carboxylic acids is 2. The SMILES string of the molecule is Cc1cccc(C)c1N(C)c1ccc2c(-c3ccccc3S(=O)(=O)N3CCC(OC(=O)NCCC(=O)CCS)CC3)c3cc/c(=[N+](\C)c4c(C)cccc4C)cc-3oc2c1. The van der Waals surface area contributed by atoms with E-state index in [1.165, 1.54) is 4.31 Å². The van der Waals surface area contributed by atoms with Crippen LogP contribution in [0.3, 0.4) is 0 Å². The zero-order chi connectivity index (χ0) is 42.7. The zero-order valence-corrected chi connectivity index (χ0v) is 36.8. The molecule has 1 amide bonds. The second kappa shape index (κ2) is 18.0. The molecule has 1 saturated heterocycles. The normalized spacial score (nSPS) is 14.3. The Hall–Kier alpha value is -5.43. The van der Waals surface area contributed by atoms with Crippen LogP contribution in [0, 0.1) is 27.7 Å². The molecule has 10 nitrogen and oxygen atoms in total. The highest BCUT2D eigenvalue weighted by Gasteiger charge is 2.34. The van der Waals surface area contributed by atoms with E-state index in [1.807, 2.05) is 50.5 Å². The van der Waals surface area contributed by atoms with Crippen molar-refractivity contribution < 1.29 is 27.2 Å². The number of anilines is 2. The van der Waals surface area contributed by atoms with Crippen molar-refractivity contribution in [3.05, 3.63) is 125 Å². The van der Waals surface area contributed by atoms with Crippen molar-refractivity contribution in [2.24, 2.45) is 0 Å². The maximum atomic E-state index is 14.7. The number of hydrogen-bond acceptors (Lipinski definition) is 8. The predicted molar refractivity (Wildman–Crippen MR) is 243 cm³/mol. The molecular weight excluding hydrogens is 793 g/mol. The number of fused-ring (bicyclic) bond motifs is 2. The molecule has 1 fully saturated rings. The fourth-order valence-electron chi connectivity index (χ4n) is 8.48. The third kappa shape index (κ3) is 8.73. The first kappa shape index (κ1) is 42.7. The number of Topliss-reactive ketones (excluding diaryl/α,β-unsaturated/α-hetero) is 1. The number of nitrogens with zero attached hydrogens (tertiary/aromatic N) is 3. The van der Waals surface area contributed by atoms with Gasteiger partial charge in [-0.25, -0.2) is 13.2 Å². The van der Waals surface area contributed by atoms with Gasteiger partial charge in [-0.15, -0.1) is 0 Å². The van der Waals surface area contributed by atoms with E-state index in [0.717, 1.165) is 61.2 Å². The van der Waals surface area contributed by atoms with Crippen LogP contribution < -0.4 is 20.1 Å². The number of para-hydroxylation sites is 2. The number of thiol groups is 1. The minimum atomic E-state index is -4.01. The van der Waals surface area contributed by atoms with Crippen LogP contribution in [0.25, 0.3) is 33.4 Å². The fourth-order valence-corrected chi connectivity index (χ4v) is 10.4. The Morgan fingerprint density at radius 3 is 2.20 bits per heavy atom. The Balaban J connectivity index is 1.29. The van der Waals surface area contributed by atoms with E-state index < -0.39 is 22.2 Å². The van der Waals surface area contributed by atoms with E-state index in [0.29, 0.717) is 41.9 Å². The van der Waals surface area contributed by atoms with Gasteiger partial charge in [0.15, 0.2) is 0 Å². The number of aryl methyl sites for hydroxylation is 4. The van der Waals surface area contributed by atoms with Gasteiger partial charge in [-0.05, 0) is 81.7 Å². The largest absolute Gasteiger partial charge is 0.456 e. The predicted octanol–water partition coefficient (Wildman–Crippen LogP) is 9.10. The first-order chi connectivity index (χ1) is 28.8. The molecule has 0 radical (unpaired) electrons. The summed E-state index contributed by atoms with van der Waals surface area (Å²) in [5.74, 6) is 1.10. The molecule has 1 aliphatic carbocycles. The Labute approximate surface area is 358 Å². The molecule has 2 heterocycles. The van der Waals surface area contributed by atoms with Gasteiger partial charge in [0.2, 0.25) is 21.1 Å². The van der Waals surface area contributed by atoms with Crippen LogP contribution in [0.15, 0.2) is 106 Å². The zero-order valence-electron chi connectivity index (χ0n) is 35.1. The number of benzene rings is 5. The number of amides is 1. The van der Waals surface area contributed by atoms with E-state index in [9.17, 15) is 18.0 Å². The molecule has 0 bridgehead atoms. The van der Waals surface area contributed by atoms with Crippen LogP contribution in [-0.4, -0.2) is 70.2 Å². The van der Waals surface area contributed by atoms with Gasteiger partial charge in [0.1, 0.15) is 30.3 Å². The van der Waals surface area contributed by atoms with Crippen LogP contribution >= 0.6 is 12.6 Å². The van der Waals surface area contributed by atoms with Crippen molar-refractivity contribution in [3.63, 3.8) is 0 Å². The lowest BCUT2D eigenvalue weighted by atomic mass is 9.93. The molecule has 0 spiro atoms. The summed E-state index contributed by atoms with van der Waals surface area (Å²) in [7, 11) is 0.0901. The second-order valence-corrected chi connectivity index (χ2v) is 18.0. The molecule has 4 aromatic rings. The minimum absolute atomic E-state index is 0.0195. The molecule has 0 saturated carbocycles. The Bertz CT molecular complexity index is 2700. The van der Waals surface area contributed by atoms with Gasteiger partial charge in [-0.3, -0.25) is 4.79 Å². The summed E-state index contributed by atoms with van der Waals surface area (Å²) in [5, 5.41) is 4.35. The molecule has 7 rings (SSSR count). The molecule has 60 heavy (non-hydrogen) atoms. The van der Waals surface area contributed by atoms with Gasteiger partial charge in [-0.1, -0.05) is 54.6 Å². The first-order valence-corrected chi connectivity index (χ1v) is 22.5. The molecule has 0 aromatic heterocycles. The third-order valence-electron chi connectivity index (χ3n) is 11.5. The highest BCUT2D eigenvalue weighted by Crippen LogP contribution is 2.44. The quantitative estimate of drug-likeness (QED) is 0.0719. The Kier molecular flexibility index (Phi) is 12.8. The summed E-state index contributed by atoms with van der Waals surface area (Å²) in [6.07, 6.45) is 0.188. The average Bonchev–Trinajstić information content (AvgIpc) is 3.22. The highest BCUT2D eigenvalue weighted by atomic mass is 32.2. The van der Waals surface area contributed by atoms with Gasteiger partial charge >= 0.3 is 6.09 Å². The average molecular weight is 846 g/mol. The summed E-state index contributed by atoms with van der Waals surface area (Å²) in [6.45, 7) is 8.96. The summed E-state index contributed by atoms with van der Waals surface area (Å²) in [6, 6.07) is 31.9. The van der Waals surface area contributed by atoms with Crippen LogP contribution in [0.4, 0.5) is 21.9 Å². The first-order valence-electron chi connectivity index (χ1n) is 20.4. The fraction of sp³-hybridized carbons (Fsp3) is 0.312. The highest BCUT2D eigenvalue weighted by molar-refractivity contribution is 7.89. The standard InChI is InChI=1S/C48H52N4O6S2/c1-31-11-9-12-32(2)46(31)50(5)35-17-19-39-42(29-35)58-43-30-36(51(6)47-33(3)13-10-14-34(47)4)18-20-40(43)45(39)41-15-7-8-16-44(41)60(55,56)52-26-22-38(23-27-52)57-48(54)49-25-21-37(53)24-28-59/h7-20,29-30,38H,21-28H2,1-6H3,(H-,49,54,59)/p+1. The van der Waals surface area contributed by atoms with Crippen LogP contribution in [0.1, 0.15) is 47.9 Å². The third-order valence-corrected chi connectivity index (χ3v) is 13.7. The van der Waals surface area contributed by atoms with E-state index in [-0.39, 0.29) is 36.7 Å². The smallest absolute Gasteiger partial charge is 0.407 e. The Morgan fingerprint density at radius 2 is 1.52 bits per heavy atom. The van der Waals surface area contributed by atoms with E-state index in [2.05, 4.69) is 104 Å². The van der Waals surface area contributed by atoms with Crippen LogP contribution in [-0.2, 0) is 19.6 Å². The maximum Gasteiger partial charge on any atom is 0.407 e. The van der Waals surface area contributed by atoms with E-state index in [4.69, 9.17) is 9.15 Å². The van der Waals surface area contributed by atoms with Gasteiger partial charge in [-0.2, -0.15) is 21.5 Å². The monoisotopic (exact) mass is 845 g/mol. The van der Waals surface area contributed by atoms with Gasteiger partial charge in [0, 0.05) is 96.2 Å². The number of alkyl carbamates (subject to hydrolysis) is 1. The van der Waals surface area contributed by atoms with Crippen LogP contribution in [0.2, 0.25) is 0 Å². The summed E-state index contributed by atoms with van der Waals surface area (Å²) in [4.78, 5) is 26.6. The van der Waals surface area contributed by atoms with Crippen molar-refractivity contribution in [1.82, 2.24) is 14.2 Å². The van der Waals surface area contributed by atoms with E-state index >= 15 is 0 Å². The van der Waals surface area contributed by atoms with Gasteiger partial charge in [0.05, 0.1) is 11.0 Å². The second-order valence-electron chi connectivity index (χ2n) is 15.6. The lowest BCUT2D eigenvalue weighted by Gasteiger charge is -2.31. The lowest BCUT2D eigenvalue weighted by Crippen LogP contribution is -2.42. The van der Waals surface area contributed by atoms with Crippen LogP contribution in [0.5, 0.6) is 0 Å². The lowest BCUT2D eigenvalue weighted by molar-refractivity contribution is -0.118.